The molecule has 6 nitrogen and oxygen atoms in total. The van der Waals surface area contributed by atoms with E-state index in [-0.39, 0.29) is 29.8 Å². The van der Waals surface area contributed by atoms with Gasteiger partial charge in [0, 0.05) is 50.6 Å². The number of guanidine groups is 1. The highest BCUT2D eigenvalue weighted by molar-refractivity contribution is 14.0. The lowest BCUT2D eigenvalue weighted by Crippen LogP contribution is -2.51. The maximum atomic E-state index is 13.0. The van der Waals surface area contributed by atoms with Crippen LogP contribution in [-0.2, 0) is 6.54 Å². The molecule has 2 heterocycles. The normalized spacial score (nSPS) is 15.0. The Morgan fingerprint density at radius 3 is 2.41 bits per heavy atom. The number of aliphatic imine (C=N–C) groups is 1. The van der Waals surface area contributed by atoms with Gasteiger partial charge in [0.25, 0.3) is 0 Å². The molecule has 0 unspecified atom stereocenters. The van der Waals surface area contributed by atoms with E-state index in [1.807, 2.05) is 23.7 Å². The standard InChI is InChI=1S/C19H27FN6.HI/c1-15-14-16(2)26(23-15)9-3-8-22-19(21)25-12-10-24(11-13-25)18-6-4-17(20)5-7-18;/h4-7,14H,3,8-13H2,1-2H3,(H2,21,22);1H. The molecule has 0 spiro atoms. The lowest BCUT2D eigenvalue weighted by Gasteiger charge is -2.36. The van der Waals surface area contributed by atoms with Gasteiger partial charge in [0.05, 0.1) is 5.69 Å². The SMILES string of the molecule is Cc1cc(C)n(CCCN=C(N)N2CCN(c3ccc(F)cc3)CC2)n1.I. The van der Waals surface area contributed by atoms with Gasteiger partial charge in [0.2, 0.25) is 0 Å². The second-order valence-electron chi connectivity index (χ2n) is 6.69. The number of nitrogens with zero attached hydrogens (tertiary/aromatic N) is 5. The van der Waals surface area contributed by atoms with Crippen LogP contribution in [0.2, 0.25) is 0 Å². The summed E-state index contributed by atoms with van der Waals surface area (Å²) in [6, 6.07) is 8.72. The number of benzene rings is 1. The van der Waals surface area contributed by atoms with Crippen LogP contribution < -0.4 is 10.6 Å². The van der Waals surface area contributed by atoms with Crippen molar-refractivity contribution in [2.45, 2.75) is 26.8 Å². The maximum Gasteiger partial charge on any atom is 0.191 e. The van der Waals surface area contributed by atoms with Gasteiger partial charge in [-0.15, -0.1) is 24.0 Å². The molecule has 0 aliphatic carbocycles. The third kappa shape index (κ3) is 5.82. The average molecular weight is 486 g/mol. The molecule has 1 aliphatic rings. The topological polar surface area (TPSA) is 62.7 Å². The number of hydrogen-bond donors (Lipinski definition) is 1. The summed E-state index contributed by atoms with van der Waals surface area (Å²) in [6.07, 6.45) is 0.915. The van der Waals surface area contributed by atoms with Gasteiger partial charge in [0.15, 0.2) is 5.96 Å². The molecule has 2 N–H and O–H groups in total. The molecule has 2 aromatic rings. The van der Waals surface area contributed by atoms with Gasteiger partial charge in [-0.25, -0.2) is 4.39 Å². The van der Waals surface area contributed by atoms with Crippen molar-refractivity contribution < 1.29 is 4.39 Å². The molecular formula is C19H28FIN6. The Labute approximate surface area is 177 Å². The highest BCUT2D eigenvalue weighted by Crippen LogP contribution is 2.16. The first kappa shape index (κ1) is 21.5. The van der Waals surface area contributed by atoms with Crippen molar-refractivity contribution in [3.63, 3.8) is 0 Å². The zero-order valence-electron chi connectivity index (χ0n) is 15.9. The molecule has 27 heavy (non-hydrogen) atoms. The third-order valence-electron chi connectivity index (χ3n) is 4.70. The van der Waals surface area contributed by atoms with Crippen molar-refractivity contribution in [2.75, 3.05) is 37.6 Å². The summed E-state index contributed by atoms with van der Waals surface area (Å²) < 4.78 is 15.1. The maximum absolute atomic E-state index is 13.0. The fourth-order valence-corrected chi connectivity index (χ4v) is 3.26. The summed E-state index contributed by atoms with van der Waals surface area (Å²) in [5.41, 5.74) is 9.42. The number of hydrogen-bond acceptors (Lipinski definition) is 3. The summed E-state index contributed by atoms with van der Waals surface area (Å²) in [4.78, 5) is 8.88. The molecule has 0 bridgehead atoms. The van der Waals surface area contributed by atoms with E-state index < -0.39 is 0 Å². The minimum atomic E-state index is -0.204. The number of nitrogens with two attached hydrogens (primary N) is 1. The molecule has 1 aliphatic heterocycles. The Kier molecular flexibility index (Phi) is 7.88. The number of piperazine rings is 1. The summed E-state index contributed by atoms with van der Waals surface area (Å²) in [6.45, 7) is 8.98. The second kappa shape index (κ2) is 9.91. The molecular weight excluding hydrogens is 458 g/mol. The van der Waals surface area contributed by atoms with Gasteiger partial charge in [-0.05, 0) is 50.6 Å². The zero-order chi connectivity index (χ0) is 18.5. The molecule has 148 valence electrons. The van der Waals surface area contributed by atoms with Gasteiger partial charge in [0.1, 0.15) is 5.82 Å². The van der Waals surface area contributed by atoms with Crippen molar-refractivity contribution in [2.24, 2.45) is 10.7 Å². The Morgan fingerprint density at radius 1 is 1.15 bits per heavy atom. The number of rotatable bonds is 5. The molecule has 0 saturated carbocycles. The lowest BCUT2D eigenvalue weighted by molar-refractivity contribution is 0.380. The zero-order valence-corrected chi connectivity index (χ0v) is 18.3. The van der Waals surface area contributed by atoms with E-state index in [1.54, 1.807) is 0 Å². The van der Waals surface area contributed by atoms with Crippen molar-refractivity contribution in [3.8, 4) is 0 Å². The van der Waals surface area contributed by atoms with E-state index in [2.05, 4.69) is 32.9 Å². The fraction of sp³-hybridized carbons (Fsp3) is 0.474. The Balaban J connectivity index is 0.00000261. The second-order valence-corrected chi connectivity index (χ2v) is 6.69. The fourth-order valence-electron chi connectivity index (χ4n) is 3.26. The smallest absolute Gasteiger partial charge is 0.191 e. The van der Waals surface area contributed by atoms with Gasteiger partial charge in [-0.3, -0.25) is 9.67 Å². The van der Waals surface area contributed by atoms with E-state index in [9.17, 15) is 4.39 Å². The summed E-state index contributed by atoms with van der Waals surface area (Å²) in [5.74, 6) is 0.404. The van der Waals surface area contributed by atoms with Gasteiger partial charge in [-0.1, -0.05) is 0 Å². The molecule has 0 amide bonds. The van der Waals surface area contributed by atoms with Crippen LogP contribution >= 0.6 is 24.0 Å². The summed E-state index contributed by atoms with van der Waals surface area (Å²) in [7, 11) is 0. The number of aromatic nitrogens is 2. The first-order valence-corrected chi connectivity index (χ1v) is 9.09. The van der Waals surface area contributed by atoms with Crippen LogP contribution in [0.4, 0.5) is 10.1 Å². The Morgan fingerprint density at radius 2 is 1.81 bits per heavy atom. The van der Waals surface area contributed by atoms with Crippen LogP contribution in [-0.4, -0.2) is 53.4 Å². The molecule has 8 heteroatoms. The molecule has 1 aromatic carbocycles. The van der Waals surface area contributed by atoms with Crippen LogP contribution in [0.25, 0.3) is 0 Å². The molecule has 1 fully saturated rings. The highest BCUT2D eigenvalue weighted by atomic mass is 127. The van der Waals surface area contributed by atoms with Crippen molar-refractivity contribution in [1.29, 1.82) is 0 Å². The first-order valence-electron chi connectivity index (χ1n) is 9.09. The quantitative estimate of drug-likeness (QED) is 0.306. The largest absolute Gasteiger partial charge is 0.370 e. The number of anilines is 1. The van der Waals surface area contributed by atoms with Gasteiger partial charge >= 0.3 is 0 Å². The highest BCUT2D eigenvalue weighted by Gasteiger charge is 2.18. The minimum absolute atomic E-state index is 0. The van der Waals surface area contributed by atoms with Gasteiger partial charge < -0.3 is 15.5 Å². The van der Waals surface area contributed by atoms with E-state index in [1.165, 1.54) is 17.8 Å². The van der Waals surface area contributed by atoms with E-state index in [4.69, 9.17) is 5.73 Å². The molecule has 1 aromatic heterocycles. The van der Waals surface area contributed by atoms with E-state index in [0.717, 1.165) is 50.5 Å². The van der Waals surface area contributed by atoms with Crippen LogP contribution in [0.3, 0.4) is 0 Å². The summed E-state index contributed by atoms with van der Waals surface area (Å²) in [5, 5.41) is 4.46. The Bertz CT molecular complexity index is 750. The van der Waals surface area contributed by atoms with E-state index in [0.29, 0.717) is 12.5 Å². The van der Waals surface area contributed by atoms with Crippen LogP contribution in [0, 0.1) is 19.7 Å². The van der Waals surface area contributed by atoms with Crippen molar-refractivity contribution in [1.82, 2.24) is 14.7 Å². The van der Waals surface area contributed by atoms with Crippen molar-refractivity contribution >= 4 is 35.6 Å². The van der Waals surface area contributed by atoms with Crippen molar-refractivity contribution in [3.05, 3.63) is 47.5 Å². The van der Waals surface area contributed by atoms with Crippen LogP contribution in [0.5, 0.6) is 0 Å². The third-order valence-corrected chi connectivity index (χ3v) is 4.70. The predicted molar refractivity (Wildman–Crippen MR) is 118 cm³/mol. The lowest BCUT2D eigenvalue weighted by atomic mass is 10.2. The van der Waals surface area contributed by atoms with E-state index >= 15 is 0 Å². The van der Waals surface area contributed by atoms with Crippen LogP contribution in [0.15, 0.2) is 35.3 Å². The number of halogens is 2. The molecule has 0 atom stereocenters. The molecule has 0 radical (unpaired) electrons. The average Bonchev–Trinajstić information content (AvgIpc) is 2.96. The Hall–Kier alpha value is -1.84. The number of aryl methyl sites for hydroxylation is 3. The molecule has 1 saturated heterocycles. The molecule has 3 rings (SSSR count). The monoisotopic (exact) mass is 486 g/mol. The first-order chi connectivity index (χ1) is 12.5. The van der Waals surface area contributed by atoms with Crippen LogP contribution in [0.1, 0.15) is 17.8 Å². The van der Waals surface area contributed by atoms with Gasteiger partial charge in [-0.2, -0.15) is 5.10 Å². The minimum Gasteiger partial charge on any atom is -0.370 e. The predicted octanol–water partition coefficient (Wildman–Crippen LogP) is 2.78. The summed E-state index contributed by atoms with van der Waals surface area (Å²) >= 11 is 0.